The molecule has 0 saturated heterocycles. The molecule has 1 aliphatic carbocycles. The maximum Gasteiger partial charge on any atom is 0.0953 e. The molecular formula is C21H16N2. The van der Waals surface area contributed by atoms with Crippen LogP contribution in [0.5, 0.6) is 0 Å². The minimum atomic E-state index is 1.06. The lowest BCUT2D eigenvalue weighted by atomic mass is 10.0. The zero-order valence-corrected chi connectivity index (χ0v) is 13.1. The molecular weight excluding hydrogens is 280 g/mol. The van der Waals surface area contributed by atoms with E-state index in [1.807, 2.05) is 0 Å². The first-order valence-electron chi connectivity index (χ1n) is 7.93. The summed E-state index contributed by atoms with van der Waals surface area (Å²) in [5.74, 6) is 0. The zero-order valence-electron chi connectivity index (χ0n) is 13.1. The van der Waals surface area contributed by atoms with Gasteiger partial charge in [0.15, 0.2) is 0 Å². The van der Waals surface area contributed by atoms with Crippen LogP contribution in [0.3, 0.4) is 0 Å². The maximum absolute atomic E-state index is 4.94. The van der Waals surface area contributed by atoms with Crippen LogP contribution in [0.15, 0.2) is 54.6 Å². The Kier molecular flexibility index (Phi) is 2.38. The van der Waals surface area contributed by atoms with E-state index in [0.29, 0.717) is 0 Å². The van der Waals surface area contributed by atoms with Gasteiger partial charge in [-0.1, -0.05) is 36.4 Å². The lowest BCUT2D eigenvalue weighted by Gasteiger charge is -2.09. The van der Waals surface area contributed by atoms with Crippen molar-refractivity contribution >= 4 is 32.7 Å². The van der Waals surface area contributed by atoms with E-state index in [1.165, 1.54) is 32.8 Å². The lowest BCUT2D eigenvalue weighted by molar-refractivity contribution is 1.37. The molecule has 2 nitrogen and oxygen atoms in total. The van der Waals surface area contributed by atoms with Crippen LogP contribution in [-0.2, 0) is 0 Å². The Morgan fingerprint density at radius 1 is 0.783 bits per heavy atom. The average molecular weight is 296 g/mol. The second-order valence-corrected chi connectivity index (χ2v) is 6.24. The van der Waals surface area contributed by atoms with Gasteiger partial charge in [0.2, 0.25) is 0 Å². The van der Waals surface area contributed by atoms with Crippen molar-refractivity contribution in [3.63, 3.8) is 0 Å². The second-order valence-electron chi connectivity index (χ2n) is 6.24. The average Bonchev–Trinajstić information content (AvgIpc) is 2.95. The van der Waals surface area contributed by atoms with Crippen molar-refractivity contribution in [2.75, 3.05) is 0 Å². The number of rotatable bonds is 0. The highest BCUT2D eigenvalue weighted by Gasteiger charge is 2.18. The number of benzene rings is 2. The molecule has 2 heterocycles. The van der Waals surface area contributed by atoms with Gasteiger partial charge in [0.05, 0.1) is 16.7 Å². The summed E-state index contributed by atoms with van der Waals surface area (Å²) in [7, 11) is 0. The number of aromatic amines is 1. The number of nitrogens with zero attached hydrogens (tertiary/aromatic N) is 1. The molecule has 0 amide bonds. The molecule has 1 N–H and O–H groups in total. The highest BCUT2D eigenvalue weighted by atomic mass is 14.8. The van der Waals surface area contributed by atoms with Crippen molar-refractivity contribution in [2.24, 2.45) is 0 Å². The number of pyridine rings is 2. The van der Waals surface area contributed by atoms with Crippen LogP contribution in [0.25, 0.3) is 44.0 Å². The summed E-state index contributed by atoms with van der Waals surface area (Å²) >= 11 is 0. The largest absolute Gasteiger partial charge is 0.353 e. The number of hydrogen-bond acceptors (Lipinski definition) is 1. The summed E-state index contributed by atoms with van der Waals surface area (Å²) in [5, 5.41) is 3.75. The van der Waals surface area contributed by atoms with Crippen LogP contribution >= 0.6 is 0 Å². The van der Waals surface area contributed by atoms with E-state index in [4.69, 9.17) is 4.98 Å². The van der Waals surface area contributed by atoms with Crippen molar-refractivity contribution in [1.29, 1.82) is 0 Å². The van der Waals surface area contributed by atoms with Gasteiger partial charge >= 0.3 is 0 Å². The van der Waals surface area contributed by atoms with E-state index < -0.39 is 0 Å². The van der Waals surface area contributed by atoms with Crippen LogP contribution in [0.2, 0.25) is 0 Å². The molecule has 1 aromatic heterocycles. The topological polar surface area (TPSA) is 28.7 Å². The SMILES string of the molecule is Cc1c2cc3c(C)c4ccccc4nc3c-2[nH]c2ccccc12. The van der Waals surface area contributed by atoms with Crippen molar-refractivity contribution in [3.05, 3.63) is 65.7 Å². The third-order valence-corrected chi connectivity index (χ3v) is 4.99. The molecule has 0 radical (unpaired) electrons. The number of para-hydroxylation sites is 2. The van der Waals surface area contributed by atoms with Crippen molar-refractivity contribution in [3.8, 4) is 11.3 Å². The maximum atomic E-state index is 4.94. The van der Waals surface area contributed by atoms with E-state index in [0.717, 1.165) is 22.2 Å². The van der Waals surface area contributed by atoms with Gasteiger partial charge in [0.25, 0.3) is 0 Å². The smallest absolute Gasteiger partial charge is 0.0953 e. The molecule has 0 fully saturated rings. The highest BCUT2D eigenvalue weighted by Crippen LogP contribution is 2.39. The monoisotopic (exact) mass is 296 g/mol. The minimum Gasteiger partial charge on any atom is -0.353 e. The van der Waals surface area contributed by atoms with Crippen LogP contribution in [0.1, 0.15) is 11.1 Å². The molecule has 23 heavy (non-hydrogen) atoms. The summed E-state index contributed by atoms with van der Waals surface area (Å²) in [6.07, 6.45) is 0. The van der Waals surface area contributed by atoms with E-state index in [2.05, 4.69) is 73.4 Å². The van der Waals surface area contributed by atoms with Gasteiger partial charge in [-0.2, -0.15) is 0 Å². The van der Waals surface area contributed by atoms with Crippen molar-refractivity contribution in [2.45, 2.75) is 13.8 Å². The number of aryl methyl sites for hydroxylation is 2. The standard InChI is InChI=1S/C21H16N2/c1-12-14-7-3-5-9-18(14)22-20-16(12)11-17-13(2)15-8-4-6-10-19(15)23-21(17)20/h3-11,22H,1-2H3. The fraction of sp³-hybridized carbons (Fsp3) is 0.0952. The highest BCUT2D eigenvalue weighted by molar-refractivity contribution is 6.09. The second kappa shape index (κ2) is 4.32. The first-order valence-corrected chi connectivity index (χ1v) is 7.93. The Labute approximate surface area is 134 Å². The Morgan fingerprint density at radius 2 is 1.52 bits per heavy atom. The summed E-state index contributed by atoms with van der Waals surface area (Å²) < 4.78 is 0. The molecule has 3 aromatic rings. The Bertz CT molecular complexity index is 1170. The molecule has 0 bridgehead atoms. The molecule has 0 saturated carbocycles. The van der Waals surface area contributed by atoms with Crippen molar-refractivity contribution < 1.29 is 0 Å². The first kappa shape index (κ1) is 12.7. The van der Waals surface area contributed by atoms with Crippen molar-refractivity contribution in [1.82, 2.24) is 9.97 Å². The summed E-state index contributed by atoms with van der Waals surface area (Å²) in [6.45, 7) is 4.40. The van der Waals surface area contributed by atoms with Gasteiger partial charge in [-0.25, -0.2) is 4.98 Å². The molecule has 5 rings (SSSR count). The first-order chi connectivity index (χ1) is 11.2. The minimum absolute atomic E-state index is 1.06. The van der Waals surface area contributed by atoms with Gasteiger partial charge in [0, 0.05) is 27.2 Å². The predicted octanol–water partition coefficient (Wildman–Crippen LogP) is 5.59. The molecule has 1 aliphatic heterocycles. The van der Waals surface area contributed by atoms with Gasteiger partial charge in [-0.15, -0.1) is 0 Å². The third kappa shape index (κ3) is 1.61. The number of nitrogens with one attached hydrogen (secondary N) is 1. The molecule has 110 valence electrons. The van der Waals surface area contributed by atoms with Crippen LogP contribution in [-0.4, -0.2) is 9.97 Å². The Balaban J connectivity index is 2.05. The number of hydrogen-bond donors (Lipinski definition) is 1. The Hall–Kier alpha value is -2.87. The quantitative estimate of drug-likeness (QED) is 0.396. The normalized spacial score (nSPS) is 11.9. The van der Waals surface area contributed by atoms with Crippen LogP contribution < -0.4 is 0 Å². The summed E-state index contributed by atoms with van der Waals surface area (Å²) in [6, 6.07) is 19.1. The number of H-pyrrole nitrogens is 1. The van der Waals surface area contributed by atoms with Gasteiger partial charge in [-0.3, -0.25) is 0 Å². The number of fused-ring (bicyclic) bond motifs is 5. The molecule has 2 aliphatic rings. The Morgan fingerprint density at radius 3 is 2.39 bits per heavy atom. The van der Waals surface area contributed by atoms with E-state index in [-0.39, 0.29) is 0 Å². The van der Waals surface area contributed by atoms with E-state index in [1.54, 1.807) is 0 Å². The van der Waals surface area contributed by atoms with Gasteiger partial charge in [0.1, 0.15) is 0 Å². The molecule has 2 aromatic carbocycles. The van der Waals surface area contributed by atoms with Crippen LogP contribution in [0.4, 0.5) is 0 Å². The summed E-state index contributed by atoms with van der Waals surface area (Å²) in [4.78, 5) is 8.55. The van der Waals surface area contributed by atoms with Gasteiger partial charge < -0.3 is 4.98 Å². The van der Waals surface area contributed by atoms with E-state index >= 15 is 0 Å². The zero-order chi connectivity index (χ0) is 15.6. The molecule has 2 heteroatoms. The molecule has 0 atom stereocenters. The fourth-order valence-corrected chi connectivity index (χ4v) is 3.72. The van der Waals surface area contributed by atoms with Gasteiger partial charge in [-0.05, 0) is 43.2 Å². The fourth-order valence-electron chi connectivity index (χ4n) is 3.72. The van der Waals surface area contributed by atoms with Crippen LogP contribution in [0, 0.1) is 13.8 Å². The molecule has 0 spiro atoms. The summed E-state index contributed by atoms with van der Waals surface area (Å²) in [5.41, 5.74) is 8.33. The lowest BCUT2D eigenvalue weighted by Crippen LogP contribution is -1.91. The molecule has 0 unspecified atom stereocenters. The third-order valence-electron chi connectivity index (χ3n) is 4.99. The van der Waals surface area contributed by atoms with E-state index in [9.17, 15) is 0 Å². The number of aromatic nitrogens is 2. The predicted molar refractivity (Wildman–Crippen MR) is 97.2 cm³/mol.